The van der Waals surface area contributed by atoms with Crippen LogP contribution in [0.3, 0.4) is 0 Å². The summed E-state index contributed by atoms with van der Waals surface area (Å²) < 4.78 is 0. The molecule has 0 heterocycles. The van der Waals surface area contributed by atoms with Gasteiger partial charge in [0, 0.05) is 12.0 Å². The van der Waals surface area contributed by atoms with Crippen molar-refractivity contribution in [2.24, 2.45) is 17.4 Å². The highest BCUT2D eigenvalue weighted by Crippen LogP contribution is 2.05. The van der Waals surface area contributed by atoms with Gasteiger partial charge < -0.3 is 11.5 Å². The van der Waals surface area contributed by atoms with Crippen LogP contribution in [0.25, 0.3) is 0 Å². The SMILES string of the molecule is CC(N)CCC(C)C(N)=O. The maximum Gasteiger partial charge on any atom is 0.220 e. The molecule has 60 valence electrons. The minimum absolute atomic E-state index is 0.0361. The molecule has 0 spiro atoms. The summed E-state index contributed by atoms with van der Waals surface area (Å²) in [5, 5.41) is 0. The number of hydrogen-bond acceptors (Lipinski definition) is 2. The Morgan fingerprint density at radius 2 is 1.90 bits per heavy atom. The van der Waals surface area contributed by atoms with E-state index < -0.39 is 0 Å². The molecule has 0 saturated heterocycles. The molecule has 1 amide bonds. The molecule has 2 atom stereocenters. The van der Waals surface area contributed by atoms with E-state index in [0.29, 0.717) is 0 Å². The van der Waals surface area contributed by atoms with Crippen LogP contribution in [0.15, 0.2) is 0 Å². The van der Waals surface area contributed by atoms with E-state index in [4.69, 9.17) is 11.5 Å². The van der Waals surface area contributed by atoms with E-state index in [1.807, 2.05) is 13.8 Å². The minimum Gasteiger partial charge on any atom is -0.369 e. The van der Waals surface area contributed by atoms with Gasteiger partial charge in [0.25, 0.3) is 0 Å². The lowest BCUT2D eigenvalue weighted by atomic mass is 10.0. The number of primary amides is 1. The van der Waals surface area contributed by atoms with Gasteiger partial charge in [0.05, 0.1) is 0 Å². The Balaban J connectivity index is 3.40. The first-order valence-corrected chi connectivity index (χ1v) is 3.59. The van der Waals surface area contributed by atoms with Crippen LogP contribution in [0.2, 0.25) is 0 Å². The van der Waals surface area contributed by atoms with E-state index in [0.717, 1.165) is 12.8 Å². The lowest BCUT2D eigenvalue weighted by Crippen LogP contribution is -2.23. The van der Waals surface area contributed by atoms with Gasteiger partial charge in [0.2, 0.25) is 5.91 Å². The molecule has 0 rings (SSSR count). The van der Waals surface area contributed by atoms with Crippen LogP contribution in [0, 0.1) is 5.92 Å². The second-order valence-electron chi connectivity index (χ2n) is 2.86. The molecule has 0 bridgehead atoms. The first-order valence-electron chi connectivity index (χ1n) is 3.59. The predicted molar refractivity (Wildman–Crippen MR) is 41.2 cm³/mol. The van der Waals surface area contributed by atoms with Gasteiger partial charge in [-0.15, -0.1) is 0 Å². The molecular formula is C7H16N2O. The van der Waals surface area contributed by atoms with Crippen molar-refractivity contribution in [1.82, 2.24) is 0 Å². The van der Waals surface area contributed by atoms with Gasteiger partial charge in [-0.1, -0.05) is 6.92 Å². The molecule has 0 saturated carbocycles. The average molecular weight is 144 g/mol. The van der Waals surface area contributed by atoms with Gasteiger partial charge in [-0.3, -0.25) is 4.79 Å². The number of hydrogen-bond donors (Lipinski definition) is 2. The molecule has 0 radical (unpaired) electrons. The van der Waals surface area contributed by atoms with Gasteiger partial charge in [-0.2, -0.15) is 0 Å². The third-order valence-electron chi connectivity index (χ3n) is 1.54. The van der Waals surface area contributed by atoms with Crippen molar-refractivity contribution in [2.45, 2.75) is 32.7 Å². The number of carbonyl (C=O) groups is 1. The van der Waals surface area contributed by atoms with Gasteiger partial charge >= 0.3 is 0 Å². The van der Waals surface area contributed by atoms with E-state index in [1.54, 1.807) is 0 Å². The molecule has 4 N–H and O–H groups in total. The van der Waals surface area contributed by atoms with Crippen molar-refractivity contribution in [1.29, 1.82) is 0 Å². The Bertz CT molecular complexity index is 112. The normalized spacial score (nSPS) is 16.3. The highest BCUT2D eigenvalue weighted by molar-refractivity contribution is 5.76. The molecule has 0 fully saturated rings. The zero-order valence-electron chi connectivity index (χ0n) is 6.63. The molecule has 0 aliphatic rings. The Kier molecular flexibility index (Phi) is 4.03. The van der Waals surface area contributed by atoms with Crippen molar-refractivity contribution in [2.75, 3.05) is 0 Å². The van der Waals surface area contributed by atoms with Crippen LogP contribution in [-0.4, -0.2) is 11.9 Å². The molecule has 2 unspecified atom stereocenters. The van der Waals surface area contributed by atoms with Crippen LogP contribution >= 0.6 is 0 Å². The number of rotatable bonds is 4. The number of carbonyl (C=O) groups excluding carboxylic acids is 1. The topological polar surface area (TPSA) is 69.1 Å². The third kappa shape index (κ3) is 4.32. The third-order valence-corrected chi connectivity index (χ3v) is 1.54. The predicted octanol–water partition coefficient (Wildman–Crippen LogP) is 0.235. The van der Waals surface area contributed by atoms with Crippen LogP contribution in [0.5, 0.6) is 0 Å². The fourth-order valence-corrected chi connectivity index (χ4v) is 0.655. The molecule has 0 aromatic carbocycles. The Morgan fingerprint density at radius 3 is 2.20 bits per heavy atom. The Labute approximate surface area is 61.8 Å². The van der Waals surface area contributed by atoms with Crippen molar-refractivity contribution in [3.05, 3.63) is 0 Å². The summed E-state index contributed by atoms with van der Waals surface area (Å²) in [5.74, 6) is -0.272. The number of nitrogens with two attached hydrogens (primary N) is 2. The van der Waals surface area contributed by atoms with E-state index in [1.165, 1.54) is 0 Å². The highest BCUT2D eigenvalue weighted by Gasteiger charge is 2.08. The van der Waals surface area contributed by atoms with Crippen molar-refractivity contribution >= 4 is 5.91 Å². The summed E-state index contributed by atoms with van der Waals surface area (Å²) in [6, 6.07) is 0.168. The van der Waals surface area contributed by atoms with Gasteiger partial charge in [-0.25, -0.2) is 0 Å². The van der Waals surface area contributed by atoms with Gasteiger partial charge in [-0.05, 0) is 19.8 Å². The summed E-state index contributed by atoms with van der Waals surface area (Å²) in [4.78, 5) is 10.5. The van der Waals surface area contributed by atoms with E-state index in [-0.39, 0.29) is 17.9 Å². The molecule has 0 aliphatic carbocycles. The lowest BCUT2D eigenvalue weighted by Gasteiger charge is -2.08. The molecule has 3 heteroatoms. The maximum atomic E-state index is 10.5. The Hall–Kier alpha value is -0.570. The van der Waals surface area contributed by atoms with Crippen LogP contribution in [-0.2, 0) is 4.79 Å². The minimum atomic E-state index is -0.236. The molecule has 3 nitrogen and oxygen atoms in total. The van der Waals surface area contributed by atoms with E-state index in [2.05, 4.69) is 0 Å². The number of amides is 1. The fraction of sp³-hybridized carbons (Fsp3) is 0.857. The van der Waals surface area contributed by atoms with Crippen molar-refractivity contribution in [3.63, 3.8) is 0 Å². The van der Waals surface area contributed by atoms with Crippen molar-refractivity contribution < 1.29 is 4.79 Å². The largest absolute Gasteiger partial charge is 0.369 e. The van der Waals surface area contributed by atoms with Gasteiger partial charge in [0.15, 0.2) is 0 Å². The molecule has 0 aromatic rings. The van der Waals surface area contributed by atoms with Crippen LogP contribution in [0.4, 0.5) is 0 Å². The fourth-order valence-electron chi connectivity index (χ4n) is 0.655. The maximum absolute atomic E-state index is 10.5. The van der Waals surface area contributed by atoms with Crippen LogP contribution < -0.4 is 11.5 Å². The van der Waals surface area contributed by atoms with E-state index in [9.17, 15) is 4.79 Å². The molecule has 0 aromatic heterocycles. The first kappa shape index (κ1) is 9.43. The summed E-state index contributed by atoms with van der Waals surface area (Å²) in [5.41, 5.74) is 10.5. The summed E-state index contributed by atoms with van der Waals surface area (Å²) in [6.45, 7) is 3.75. The smallest absolute Gasteiger partial charge is 0.220 e. The second kappa shape index (κ2) is 4.28. The summed E-state index contributed by atoms with van der Waals surface area (Å²) >= 11 is 0. The second-order valence-corrected chi connectivity index (χ2v) is 2.86. The average Bonchev–Trinajstić information content (AvgIpc) is 1.82. The van der Waals surface area contributed by atoms with Crippen molar-refractivity contribution in [3.8, 4) is 0 Å². The lowest BCUT2D eigenvalue weighted by molar-refractivity contribution is -0.121. The Morgan fingerprint density at radius 1 is 1.40 bits per heavy atom. The first-order chi connectivity index (χ1) is 4.54. The summed E-state index contributed by atoms with van der Waals surface area (Å²) in [6.07, 6.45) is 1.66. The molecular weight excluding hydrogens is 128 g/mol. The zero-order chi connectivity index (χ0) is 8.15. The molecule has 0 aliphatic heterocycles. The standard InChI is InChI=1S/C7H16N2O/c1-5(7(9)10)3-4-6(2)8/h5-6H,3-4,8H2,1-2H3,(H2,9,10). The quantitative estimate of drug-likeness (QED) is 0.593. The summed E-state index contributed by atoms with van der Waals surface area (Å²) in [7, 11) is 0. The van der Waals surface area contributed by atoms with E-state index >= 15 is 0 Å². The monoisotopic (exact) mass is 144 g/mol. The van der Waals surface area contributed by atoms with Gasteiger partial charge in [0.1, 0.15) is 0 Å². The molecule has 10 heavy (non-hydrogen) atoms. The highest BCUT2D eigenvalue weighted by atomic mass is 16.1. The van der Waals surface area contributed by atoms with Crippen LogP contribution in [0.1, 0.15) is 26.7 Å². The zero-order valence-corrected chi connectivity index (χ0v) is 6.63.